The minimum Gasteiger partial charge on any atom is -0.496 e. The first-order valence-electron chi connectivity index (χ1n) is 6.53. The number of nitrogens with one attached hydrogen (secondary N) is 1. The zero-order valence-corrected chi connectivity index (χ0v) is 14.1. The van der Waals surface area contributed by atoms with Gasteiger partial charge < -0.3 is 20.1 Å². The number of para-hydroxylation sites is 1. The molecule has 6 heteroatoms. The van der Waals surface area contributed by atoms with Crippen LogP contribution in [-0.2, 0) is 6.42 Å². The monoisotopic (exact) mass is 411 g/mol. The first kappa shape index (κ1) is 16.6. The number of nitrogens with zero attached hydrogens (tertiary/aromatic N) is 1. The van der Waals surface area contributed by atoms with E-state index in [1.807, 2.05) is 36.4 Å². The summed E-state index contributed by atoms with van der Waals surface area (Å²) >= 11 is 2.15. The van der Waals surface area contributed by atoms with Crippen LogP contribution >= 0.6 is 22.6 Å². The predicted molar refractivity (Wildman–Crippen MR) is 93.0 cm³/mol. The first-order chi connectivity index (χ1) is 10.6. The van der Waals surface area contributed by atoms with E-state index in [0.29, 0.717) is 11.3 Å². The van der Waals surface area contributed by atoms with Crippen LogP contribution in [0, 0.1) is 15.3 Å². The van der Waals surface area contributed by atoms with E-state index in [-0.39, 0.29) is 18.5 Å². The first-order valence-corrected chi connectivity index (χ1v) is 7.61. The Morgan fingerprint density at radius 2 is 2.09 bits per heavy atom. The number of methoxy groups -OCH3 is 1. The molecule has 0 bridgehead atoms. The molecule has 5 nitrogen and oxygen atoms in total. The lowest BCUT2D eigenvalue weighted by atomic mass is 10.1. The fourth-order valence-electron chi connectivity index (χ4n) is 1.86. The molecule has 0 fully saturated rings. The predicted octanol–water partition coefficient (Wildman–Crippen LogP) is 4.03. The standard InChI is InChI=1S/C16H16IN2O3/c1-21-14-8-3-2-5-11(14)10-15(18)19-22-16(20)12-6-4-7-13(17)9-12/h2-9,20,22H,10H2,1H3,(H-,18,19)/q-1. The fourth-order valence-corrected chi connectivity index (χ4v) is 2.40. The van der Waals surface area contributed by atoms with Crippen molar-refractivity contribution in [3.8, 4) is 5.75 Å². The number of hydrogen-bond donors (Lipinski definition) is 2. The van der Waals surface area contributed by atoms with E-state index < -0.39 is 0 Å². The van der Waals surface area contributed by atoms with Crippen LogP contribution in [0.1, 0.15) is 11.1 Å². The lowest BCUT2D eigenvalue weighted by Crippen LogP contribution is -2.11. The molecule has 2 aromatic carbocycles. The summed E-state index contributed by atoms with van der Waals surface area (Å²) in [6.45, 7) is 0. The molecule has 0 aliphatic heterocycles. The van der Waals surface area contributed by atoms with E-state index in [0.717, 1.165) is 9.13 Å². The summed E-state index contributed by atoms with van der Waals surface area (Å²) in [5.41, 5.74) is 5.18. The van der Waals surface area contributed by atoms with Gasteiger partial charge in [-0.2, -0.15) is 11.5 Å². The lowest BCUT2D eigenvalue weighted by molar-refractivity contribution is -0.0422. The molecular formula is C16H16IN2O3-. The third-order valence-corrected chi connectivity index (χ3v) is 3.57. The normalized spacial score (nSPS) is 10.1. The Kier molecular flexibility index (Phi) is 6.05. The maximum absolute atomic E-state index is 9.89. The molecule has 0 unspecified atom stereocenters. The molecule has 0 atom stereocenters. The lowest BCUT2D eigenvalue weighted by Gasteiger charge is -2.19. The van der Waals surface area contributed by atoms with Crippen molar-refractivity contribution in [3.05, 3.63) is 75.0 Å². The number of aliphatic hydroxyl groups is 2. The maximum atomic E-state index is 9.89. The van der Waals surface area contributed by atoms with Crippen molar-refractivity contribution in [1.82, 2.24) is 0 Å². The van der Waals surface area contributed by atoms with Crippen LogP contribution in [0.15, 0.2) is 48.5 Å². The van der Waals surface area contributed by atoms with Crippen molar-refractivity contribution in [2.24, 2.45) is 0 Å². The molecule has 0 aliphatic rings. The second-order valence-electron chi connectivity index (χ2n) is 4.47. The van der Waals surface area contributed by atoms with Gasteiger partial charge in [-0.05, 0) is 27.5 Å². The van der Waals surface area contributed by atoms with Gasteiger partial charge in [0.15, 0.2) is 0 Å². The molecular weight excluding hydrogens is 395 g/mol. The van der Waals surface area contributed by atoms with E-state index in [2.05, 4.69) is 32.9 Å². The summed E-state index contributed by atoms with van der Waals surface area (Å²) in [4.78, 5) is 3.72. The molecule has 0 aliphatic carbocycles. The minimum absolute atomic E-state index is 0.0432. The molecule has 0 spiro atoms. The third kappa shape index (κ3) is 4.62. The van der Waals surface area contributed by atoms with Crippen molar-refractivity contribution in [1.29, 1.82) is 5.41 Å². The van der Waals surface area contributed by atoms with Crippen LogP contribution in [-0.4, -0.2) is 22.9 Å². The third-order valence-electron chi connectivity index (χ3n) is 2.90. The van der Waals surface area contributed by atoms with Crippen molar-refractivity contribution in [2.75, 3.05) is 7.11 Å². The molecule has 0 saturated carbocycles. The summed E-state index contributed by atoms with van der Waals surface area (Å²) in [7, 11) is 1.58. The van der Waals surface area contributed by atoms with Gasteiger partial charge >= 0.3 is 0 Å². The van der Waals surface area contributed by atoms with Gasteiger partial charge in [-0.25, -0.2) is 0 Å². The van der Waals surface area contributed by atoms with Gasteiger partial charge in [0.1, 0.15) is 5.75 Å². The van der Waals surface area contributed by atoms with Crippen molar-refractivity contribution in [3.63, 3.8) is 0 Å². The number of rotatable bonds is 6. The van der Waals surface area contributed by atoms with Crippen LogP contribution in [0.3, 0.4) is 0 Å². The topological polar surface area (TPSA) is 80.2 Å². The smallest absolute Gasteiger partial charge is 0.248 e. The van der Waals surface area contributed by atoms with Crippen LogP contribution in [0.2, 0.25) is 0 Å². The zero-order chi connectivity index (χ0) is 15.9. The van der Waals surface area contributed by atoms with Crippen LogP contribution in [0.5, 0.6) is 5.75 Å². The summed E-state index contributed by atoms with van der Waals surface area (Å²) in [6, 6.07) is 14.7. The van der Waals surface area contributed by atoms with Crippen molar-refractivity contribution >= 4 is 28.4 Å². The highest BCUT2D eigenvalue weighted by atomic mass is 127. The Morgan fingerprint density at radius 3 is 2.82 bits per heavy atom. The number of aliphatic hydroxyl groups excluding tert-OH is 1. The molecule has 3 N–H and O–H groups in total. The average Bonchev–Trinajstić information content (AvgIpc) is 2.53. The molecule has 2 rings (SSSR count). The van der Waals surface area contributed by atoms with Crippen molar-refractivity contribution < 1.29 is 14.7 Å². The molecule has 0 heterocycles. The van der Waals surface area contributed by atoms with Crippen molar-refractivity contribution in [2.45, 2.75) is 6.42 Å². The van der Waals surface area contributed by atoms with E-state index in [1.54, 1.807) is 19.2 Å². The highest BCUT2D eigenvalue weighted by molar-refractivity contribution is 14.1. The number of hydrogen-bond acceptors (Lipinski definition) is 3. The summed E-state index contributed by atoms with van der Waals surface area (Å²) in [5.74, 6) is 0.745. The van der Waals surface area contributed by atoms with Crippen LogP contribution < -0.4 is 4.74 Å². The molecule has 0 saturated heterocycles. The van der Waals surface area contributed by atoms with Crippen LogP contribution in [0.4, 0.5) is 0 Å². The Balaban J connectivity index is 1.90. The molecule has 22 heavy (non-hydrogen) atoms. The number of halogens is 1. The number of benzene rings is 2. The molecule has 2 aromatic rings. The van der Waals surface area contributed by atoms with Gasteiger partial charge in [0.2, 0.25) is 6.29 Å². The zero-order valence-electron chi connectivity index (χ0n) is 12.0. The van der Waals surface area contributed by atoms with E-state index in [1.165, 1.54) is 0 Å². The number of amidine groups is 1. The van der Waals surface area contributed by atoms with Gasteiger partial charge in [-0.3, -0.25) is 0 Å². The summed E-state index contributed by atoms with van der Waals surface area (Å²) in [5, 5.41) is 17.7. The average molecular weight is 411 g/mol. The number of hydroxylamine groups is 1. The summed E-state index contributed by atoms with van der Waals surface area (Å²) < 4.78 is 6.22. The van der Waals surface area contributed by atoms with E-state index >= 15 is 0 Å². The van der Waals surface area contributed by atoms with E-state index in [4.69, 9.17) is 10.1 Å². The van der Waals surface area contributed by atoms with Gasteiger partial charge in [-0.1, -0.05) is 52.4 Å². The molecule has 0 radical (unpaired) electrons. The van der Waals surface area contributed by atoms with Gasteiger partial charge in [0, 0.05) is 0 Å². The summed E-state index contributed by atoms with van der Waals surface area (Å²) in [6.07, 6.45) is 0.0796. The SMILES string of the molecule is COc1ccccc1CC(=N)[N-][OH+][C-](O)c1cccc(I)c1. The maximum Gasteiger partial charge on any atom is 0.248 e. The second kappa shape index (κ2) is 8.02. The Bertz CT molecular complexity index is 649. The van der Waals surface area contributed by atoms with E-state index in [9.17, 15) is 5.11 Å². The number of ether oxygens (including phenoxy) is 1. The molecule has 0 aromatic heterocycles. The quantitative estimate of drug-likeness (QED) is 0.188. The Hall–Kier alpha value is -1.77. The Morgan fingerprint density at radius 1 is 1.32 bits per heavy atom. The second-order valence-corrected chi connectivity index (χ2v) is 5.71. The Labute approximate surface area is 142 Å². The van der Waals surface area contributed by atoms with Gasteiger partial charge in [-0.15, -0.1) is 12.1 Å². The highest BCUT2D eigenvalue weighted by Crippen LogP contribution is 2.20. The largest absolute Gasteiger partial charge is 0.496 e. The molecule has 116 valence electrons. The molecule has 0 amide bonds. The van der Waals surface area contributed by atoms with Crippen LogP contribution in [0.25, 0.3) is 5.48 Å². The fraction of sp³-hybridized carbons (Fsp3) is 0.125. The highest BCUT2D eigenvalue weighted by Gasteiger charge is 2.07. The van der Waals surface area contributed by atoms with Gasteiger partial charge in [0.05, 0.1) is 7.11 Å². The van der Waals surface area contributed by atoms with Gasteiger partial charge in [0.25, 0.3) is 0 Å². The minimum atomic E-state index is -0.205.